The van der Waals surface area contributed by atoms with E-state index in [1.165, 1.54) is 23.9 Å². The van der Waals surface area contributed by atoms with Crippen LogP contribution in [0.4, 0.5) is 13.6 Å². The molecule has 0 aromatic rings. The number of rotatable bonds is 14. The van der Waals surface area contributed by atoms with Crippen molar-refractivity contribution in [2.24, 2.45) is 11.3 Å². The van der Waals surface area contributed by atoms with Gasteiger partial charge in [-0.25, -0.2) is 13.6 Å². The summed E-state index contributed by atoms with van der Waals surface area (Å²) in [4.78, 5) is 94.8. The minimum Gasteiger partial charge on any atom is -0.347 e. The number of hydrogen-bond donors (Lipinski definition) is 5. The number of amides is 7. The van der Waals surface area contributed by atoms with E-state index in [0.717, 1.165) is 6.92 Å². The molecule has 5 N–H and O–H groups in total. The van der Waals surface area contributed by atoms with Gasteiger partial charge in [-0.15, -0.1) is 0 Å². The molecule has 1 heterocycles. The van der Waals surface area contributed by atoms with E-state index in [0.29, 0.717) is 18.4 Å². The summed E-state index contributed by atoms with van der Waals surface area (Å²) >= 11 is 0. The van der Waals surface area contributed by atoms with Crippen LogP contribution in [-0.4, -0.2) is 114 Å². The number of carbonyl (C=O) groups excluding carboxylic acids is 7. The molecule has 0 aromatic heterocycles. The van der Waals surface area contributed by atoms with Crippen LogP contribution in [0.5, 0.6) is 0 Å². The van der Waals surface area contributed by atoms with Gasteiger partial charge in [0.1, 0.15) is 18.1 Å². The number of likely N-dealkylation sites (N-methyl/N-ethyl adjacent to an activating group) is 1. The SMILES string of the molecule is CC(CC(NC(=O)C1CCCN1C(=O)C(NC(=O)NC(C)(C)C)C(C)(C)C)C(=O)C(=O)NCC(=O)NC(C(=O)N(C)C)C1=CC=CCC=C1)C(F)F. The van der Waals surface area contributed by atoms with E-state index in [2.05, 4.69) is 26.6 Å². The van der Waals surface area contributed by atoms with Gasteiger partial charge in [-0.05, 0) is 57.4 Å². The van der Waals surface area contributed by atoms with Crippen LogP contribution in [0, 0.1) is 11.3 Å². The van der Waals surface area contributed by atoms with Gasteiger partial charge in [0.2, 0.25) is 35.8 Å². The third-order valence-electron chi connectivity index (χ3n) is 8.35. The second kappa shape index (κ2) is 18.7. The molecule has 1 saturated heterocycles. The largest absolute Gasteiger partial charge is 0.347 e. The quantitative estimate of drug-likeness (QED) is 0.169. The third kappa shape index (κ3) is 13.2. The zero-order valence-corrected chi connectivity index (χ0v) is 31.6. The van der Waals surface area contributed by atoms with Gasteiger partial charge < -0.3 is 36.4 Å². The molecule has 290 valence electrons. The number of urea groups is 1. The van der Waals surface area contributed by atoms with Crippen LogP contribution in [0.2, 0.25) is 0 Å². The zero-order chi connectivity index (χ0) is 39.6. The van der Waals surface area contributed by atoms with Crippen LogP contribution in [0.3, 0.4) is 0 Å². The van der Waals surface area contributed by atoms with E-state index in [1.54, 1.807) is 65.8 Å². The predicted molar refractivity (Wildman–Crippen MR) is 191 cm³/mol. The maximum absolute atomic E-state index is 13.8. The molecule has 0 spiro atoms. The Morgan fingerprint density at radius 2 is 1.62 bits per heavy atom. The first-order valence-corrected chi connectivity index (χ1v) is 17.4. The summed E-state index contributed by atoms with van der Waals surface area (Å²) in [6, 6.07) is -5.53. The highest BCUT2D eigenvalue weighted by molar-refractivity contribution is 6.38. The van der Waals surface area contributed by atoms with Gasteiger partial charge in [0.05, 0.1) is 12.6 Å². The van der Waals surface area contributed by atoms with Gasteiger partial charge in [-0.3, -0.25) is 28.8 Å². The molecule has 0 saturated carbocycles. The van der Waals surface area contributed by atoms with Crippen LogP contribution in [0.15, 0.2) is 36.0 Å². The lowest BCUT2D eigenvalue weighted by Crippen LogP contribution is -2.61. The normalized spacial score (nSPS) is 18.3. The monoisotopic (exact) mass is 735 g/mol. The number of carbonyl (C=O) groups is 7. The summed E-state index contributed by atoms with van der Waals surface area (Å²) in [7, 11) is 3.03. The predicted octanol–water partition coefficient (Wildman–Crippen LogP) is 1.97. The molecule has 5 unspecified atom stereocenters. The van der Waals surface area contributed by atoms with E-state index in [9.17, 15) is 42.3 Å². The number of halogens is 2. The van der Waals surface area contributed by atoms with Gasteiger partial charge in [0, 0.05) is 32.1 Å². The maximum Gasteiger partial charge on any atom is 0.315 e. The Balaban J connectivity index is 2.21. The Morgan fingerprint density at radius 3 is 2.19 bits per heavy atom. The molecule has 0 bridgehead atoms. The standard InChI is InChI=1S/C36H55F2N7O7/c1-21(29(37)38)19-23(27(47)31(49)39-20-25(46)41-26(32(50)44(8)9)22-15-12-10-11-13-16-22)40-30(48)24-17-14-18-45(24)33(51)28(35(2,3)4)42-34(52)43-36(5,6)7/h10,12-13,15-16,21,23-24,26,28-29H,11,14,17-20H2,1-9H3,(H,39,49)(H,40,48)(H,41,46)(H2,42,43,52). The lowest BCUT2D eigenvalue weighted by atomic mass is 9.85. The Kier molecular flexibility index (Phi) is 15.7. The van der Waals surface area contributed by atoms with Crippen molar-refractivity contribution in [2.75, 3.05) is 27.2 Å². The molecule has 0 radical (unpaired) electrons. The average molecular weight is 736 g/mol. The third-order valence-corrected chi connectivity index (χ3v) is 8.35. The van der Waals surface area contributed by atoms with Crippen molar-refractivity contribution < 1.29 is 42.3 Å². The van der Waals surface area contributed by atoms with Gasteiger partial charge >= 0.3 is 6.03 Å². The molecule has 2 rings (SSSR count). The molecule has 7 amide bonds. The van der Waals surface area contributed by atoms with Crippen LogP contribution < -0.4 is 26.6 Å². The molecule has 16 heteroatoms. The van der Waals surface area contributed by atoms with Crippen molar-refractivity contribution in [3.63, 3.8) is 0 Å². The topological polar surface area (TPSA) is 186 Å². The van der Waals surface area contributed by atoms with Crippen molar-refractivity contribution in [1.82, 2.24) is 36.4 Å². The van der Waals surface area contributed by atoms with Crippen molar-refractivity contribution in [1.29, 1.82) is 0 Å². The van der Waals surface area contributed by atoms with Crippen LogP contribution in [0.1, 0.15) is 74.1 Å². The lowest BCUT2D eigenvalue weighted by Gasteiger charge is -2.36. The number of allylic oxidation sites excluding steroid dienone is 4. The second-order valence-corrected chi connectivity index (χ2v) is 15.5. The summed E-state index contributed by atoms with van der Waals surface area (Å²) in [5.41, 5.74) is -0.872. The highest BCUT2D eigenvalue weighted by Gasteiger charge is 2.43. The first kappa shape index (κ1) is 43.5. The number of likely N-dealkylation sites (tertiary alicyclic amines) is 1. The molecular formula is C36H55F2N7O7. The maximum atomic E-state index is 13.8. The van der Waals surface area contributed by atoms with Gasteiger partial charge in [-0.1, -0.05) is 58.1 Å². The van der Waals surface area contributed by atoms with E-state index in [1.807, 2.05) is 6.08 Å². The number of ketones is 1. The molecule has 5 atom stereocenters. The first-order valence-electron chi connectivity index (χ1n) is 17.4. The lowest BCUT2D eigenvalue weighted by molar-refractivity contribution is -0.144. The Bertz CT molecular complexity index is 1450. The van der Waals surface area contributed by atoms with Crippen molar-refractivity contribution in [3.05, 3.63) is 36.0 Å². The Morgan fingerprint density at radius 1 is 0.962 bits per heavy atom. The Hall–Kier alpha value is -4.63. The van der Waals surface area contributed by atoms with Crippen LogP contribution in [0.25, 0.3) is 0 Å². The van der Waals surface area contributed by atoms with E-state index in [-0.39, 0.29) is 13.0 Å². The second-order valence-electron chi connectivity index (χ2n) is 15.5. The fraction of sp³-hybridized carbons (Fsp3) is 0.639. The molecule has 1 aliphatic heterocycles. The van der Waals surface area contributed by atoms with Gasteiger partial charge in [0.25, 0.3) is 5.91 Å². The Labute approximate surface area is 304 Å². The zero-order valence-electron chi connectivity index (χ0n) is 31.6. The van der Waals surface area contributed by atoms with Gasteiger partial charge in [0.15, 0.2) is 0 Å². The molecule has 0 aromatic carbocycles. The van der Waals surface area contributed by atoms with E-state index >= 15 is 0 Å². The van der Waals surface area contributed by atoms with Crippen molar-refractivity contribution in [3.8, 4) is 0 Å². The first-order chi connectivity index (χ1) is 24.0. The molecule has 14 nitrogen and oxygen atoms in total. The number of nitrogens with zero attached hydrogens (tertiary/aromatic N) is 2. The van der Waals surface area contributed by atoms with E-state index < -0.39 is 102 Å². The van der Waals surface area contributed by atoms with Crippen LogP contribution in [-0.2, 0) is 28.8 Å². The molecule has 52 heavy (non-hydrogen) atoms. The minimum atomic E-state index is -2.88. The smallest absolute Gasteiger partial charge is 0.315 e. The highest BCUT2D eigenvalue weighted by atomic mass is 19.3. The number of Topliss-reactive ketones (excluding diaryl/α,β-unsaturated/α-hetero) is 1. The number of alkyl halides is 2. The van der Waals surface area contributed by atoms with Crippen molar-refractivity contribution >= 4 is 41.4 Å². The summed E-state index contributed by atoms with van der Waals surface area (Å²) in [5, 5.41) is 12.6. The average Bonchev–Trinajstić information content (AvgIpc) is 3.38. The summed E-state index contributed by atoms with van der Waals surface area (Å²) in [5.74, 6) is -6.60. The summed E-state index contributed by atoms with van der Waals surface area (Å²) in [6.45, 7) is 11.2. The number of hydrogen-bond acceptors (Lipinski definition) is 7. The minimum absolute atomic E-state index is 0.161. The summed E-state index contributed by atoms with van der Waals surface area (Å²) < 4.78 is 27.3. The van der Waals surface area contributed by atoms with E-state index in [4.69, 9.17) is 0 Å². The number of nitrogens with one attached hydrogen (secondary N) is 5. The van der Waals surface area contributed by atoms with Crippen molar-refractivity contribution in [2.45, 2.75) is 110 Å². The molecule has 1 aliphatic carbocycles. The van der Waals surface area contributed by atoms with Crippen LogP contribution >= 0.6 is 0 Å². The fourth-order valence-corrected chi connectivity index (χ4v) is 5.55. The van der Waals surface area contributed by atoms with Gasteiger partial charge in [-0.2, -0.15) is 0 Å². The molecule has 2 aliphatic rings. The summed E-state index contributed by atoms with van der Waals surface area (Å²) in [6.07, 6.45) is 6.50. The highest BCUT2D eigenvalue weighted by Crippen LogP contribution is 2.26. The fourth-order valence-electron chi connectivity index (χ4n) is 5.55. The molecule has 1 fully saturated rings. The molecular weight excluding hydrogens is 680 g/mol.